The van der Waals surface area contributed by atoms with Crippen LogP contribution in [0.1, 0.15) is 11.1 Å². The molecule has 20 heavy (non-hydrogen) atoms. The number of aromatic nitrogens is 1. The van der Waals surface area contributed by atoms with Gasteiger partial charge in [0, 0.05) is 11.8 Å². The molecule has 0 aliphatic carbocycles. The van der Waals surface area contributed by atoms with E-state index in [2.05, 4.69) is 16.8 Å². The number of nitrogens with two attached hydrogens (primary N) is 1. The Kier molecular flexibility index (Phi) is 3.95. The minimum Gasteiger partial charge on any atom is -0.384 e. The summed E-state index contributed by atoms with van der Waals surface area (Å²) >= 11 is 0. The fourth-order valence-electron chi connectivity index (χ4n) is 1.76. The first-order valence-electron chi connectivity index (χ1n) is 5.71. The lowest BCUT2D eigenvalue weighted by Crippen LogP contribution is -1.97. The van der Waals surface area contributed by atoms with E-state index in [1.807, 2.05) is 0 Å². The molecule has 4 nitrogen and oxygen atoms in total. The zero-order chi connectivity index (χ0) is 14.5. The van der Waals surface area contributed by atoms with Crippen LogP contribution in [0.2, 0.25) is 0 Å². The van der Waals surface area contributed by atoms with Crippen molar-refractivity contribution >= 4 is 5.82 Å². The van der Waals surface area contributed by atoms with Crippen molar-refractivity contribution in [3.05, 3.63) is 47.4 Å². The highest BCUT2D eigenvalue weighted by molar-refractivity contribution is 5.76. The molecule has 0 radical (unpaired) electrons. The molecule has 1 aromatic heterocycles. The molecule has 0 aliphatic rings. The van der Waals surface area contributed by atoms with Gasteiger partial charge in [-0.15, -0.1) is 0 Å². The number of anilines is 1. The van der Waals surface area contributed by atoms with Gasteiger partial charge in [-0.05, 0) is 23.8 Å². The maximum absolute atomic E-state index is 13.3. The second kappa shape index (κ2) is 5.83. The molecule has 2 rings (SSSR count). The van der Waals surface area contributed by atoms with Crippen molar-refractivity contribution in [3.63, 3.8) is 0 Å². The minimum atomic E-state index is -0.582. The Morgan fingerprint density at radius 3 is 2.85 bits per heavy atom. The van der Waals surface area contributed by atoms with Gasteiger partial charge in [-0.1, -0.05) is 17.9 Å². The smallest absolute Gasteiger partial charge is 0.140 e. The van der Waals surface area contributed by atoms with Crippen LogP contribution in [0.25, 0.3) is 11.1 Å². The first kappa shape index (κ1) is 13.5. The van der Waals surface area contributed by atoms with Crippen LogP contribution in [-0.4, -0.2) is 16.7 Å². The number of nitrogen functional groups attached to an aromatic ring is 1. The van der Waals surface area contributed by atoms with Crippen LogP contribution >= 0.6 is 0 Å². The number of hydrogen-bond donors (Lipinski definition) is 2. The van der Waals surface area contributed by atoms with Crippen LogP contribution in [0.15, 0.2) is 30.5 Å². The van der Waals surface area contributed by atoms with E-state index in [4.69, 9.17) is 16.1 Å². The lowest BCUT2D eigenvalue weighted by Gasteiger charge is -2.07. The molecule has 0 aliphatic heterocycles. The molecule has 1 heterocycles. The van der Waals surface area contributed by atoms with Crippen LogP contribution in [0.3, 0.4) is 0 Å². The number of aliphatic hydroxyl groups excluding tert-OH is 1. The third-order valence-corrected chi connectivity index (χ3v) is 2.67. The van der Waals surface area contributed by atoms with Gasteiger partial charge < -0.3 is 10.8 Å². The Bertz CT molecular complexity index is 754. The molecule has 0 spiro atoms. The Morgan fingerprint density at radius 2 is 2.15 bits per heavy atom. The fraction of sp³-hybridized carbons (Fsp3) is 0.0667. The molecule has 2 aromatic rings. The Labute approximate surface area is 115 Å². The normalized spacial score (nSPS) is 9.45. The quantitative estimate of drug-likeness (QED) is 0.770. The largest absolute Gasteiger partial charge is 0.384 e. The van der Waals surface area contributed by atoms with Gasteiger partial charge in [-0.25, -0.2) is 9.37 Å². The highest BCUT2D eigenvalue weighted by Gasteiger charge is 2.10. The van der Waals surface area contributed by atoms with Gasteiger partial charge in [-0.2, -0.15) is 5.26 Å². The van der Waals surface area contributed by atoms with Gasteiger partial charge in [0.15, 0.2) is 0 Å². The Morgan fingerprint density at radius 1 is 1.35 bits per heavy atom. The summed E-state index contributed by atoms with van der Waals surface area (Å²) < 4.78 is 13.3. The summed E-state index contributed by atoms with van der Waals surface area (Å²) in [7, 11) is 0. The molecule has 0 saturated heterocycles. The SMILES string of the molecule is N#Cc1cc(-c2ccnc(N)c2C#CCO)ccc1F. The van der Waals surface area contributed by atoms with Gasteiger partial charge in [0.25, 0.3) is 0 Å². The number of halogens is 1. The highest BCUT2D eigenvalue weighted by Crippen LogP contribution is 2.27. The summed E-state index contributed by atoms with van der Waals surface area (Å²) in [6.45, 7) is -0.305. The third-order valence-electron chi connectivity index (χ3n) is 2.67. The van der Waals surface area contributed by atoms with Crippen LogP contribution in [0, 0.1) is 29.0 Å². The van der Waals surface area contributed by atoms with Crippen molar-refractivity contribution in [2.75, 3.05) is 12.3 Å². The lowest BCUT2D eigenvalue weighted by molar-refractivity contribution is 0.350. The molecular weight excluding hydrogens is 257 g/mol. The van der Waals surface area contributed by atoms with Crippen LogP contribution in [-0.2, 0) is 0 Å². The lowest BCUT2D eigenvalue weighted by atomic mass is 9.99. The summed E-state index contributed by atoms with van der Waals surface area (Å²) in [5.74, 6) is 4.85. The van der Waals surface area contributed by atoms with Gasteiger partial charge in [0.2, 0.25) is 0 Å². The molecule has 5 heteroatoms. The molecule has 0 atom stereocenters. The van der Waals surface area contributed by atoms with Crippen molar-refractivity contribution in [1.29, 1.82) is 5.26 Å². The van der Waals surface area contributed by atoms with Gasteiger partial charge >= 0.3 is 0 Å². The Balaban J connectivity index is 2.64. The Hall–Kier alpha value is -2.89. The molecule has 0 fully saturated rings. The number of nitriles is 1. The predicted octanol–water partition coefficient (Wildman–Crippen LogP) is 1.69. The average molecular weight is 267 g/mol. The van der Waals surface area contributed by atoms with E-state index in [9.17, 15) is 4.39 Å². The molecule has 1 aromatic carbocycles. The fourth-order valence-corrected chi connectivity index (χ4v) is 1.76. The first-order valence-corrected chi connectivity index (χ1v) is 5.71. The molecule has 98 valence electrons. The van der Waals surface area contributed by atoms with Crippen molar-refractivity contribution in [2.24, 2.45) is 0 Å². The monoisotopic (exact) mass is 267 g/mol. The van der Waals surface area contributed by atoms with Crippen LogP contribution in [0.4, 0.5) is 10.2 Å². The number of aliphatic hydroxyl groups is 1. The molecule has 0 bridgehead atoms. The topological polar surface area (TPSA) is 82.9 Å². The second-order valence-electron chi connectivity index (χ2n) is 3.89. The predicted molar refractivity (Wildman–Crippen MR) is 72.7 cm³/mol. The maximum atomic E-state index is 13.3. The number of pyridine rings is 1. The van der Waals surface area contributed by atoms with E-state index in [1.165, 1.54) is 24.4 Å². The zero-order valence-corrected chi connectivity index (χ0v) is 10.4. The van der Waals surface area contributed by atoms with Gasteiger partial charge in [0.05, 0.1) is 11.1 Å². The highest BCUT2D eigenvalue weighted by atomic mass is 19.1. The van der Waals surface area contributed by atoms with E-state index in [1.54, 1.807) is 12.1 Å². The van der Waals surface area contributed by atoms with Crippen LogP contribution < -0.4 is 5.73 Å². The number of benzene rings is 1. The van der Waals surface area contributed by atoms with E-state index in [0.717, 1.165) is 0 Å². The number of nitrogens with zero attached hydrogens (tertiary/aromatic N) is 2. The van der Waals surface area contributed by atoms with E-state index >= 15 is 0 Å². The van der Waals surface area contributed by atoms with Crippen LogP contribution in [0.5, 0.6) is 0 Å². The molecular formula is C15H10FN3O. The van der Waals surface area contributed by atoms with Crippen molar-refractivity contribution in [3.8, 4) is 29.0 Å². The van der Waals surface area contributed by atoms with Crippen molar-refractivity contribution < 1.29 is 9.50 Å². The second-order valence-corrected chi connectivity index (χ2v) is 3.89. The standard InChI is InChI=1S/C15H10FN3O/c16-14-4-3-10(8-11(14)9-17)12-5-6-19-15(18)13(12)2-1-7-20/h3-6,8,20H,7H2,(H2,18,19). The summed E-state index contributed by atoms with van der Waals surface area (Å²) in [5, 5.41) is 17.6. The zero-order valence-electron chi connectivity index (χ0n) is 10.4. The van der Waals surface area contributed by atoms with Gasteiger partial charge in [-0.3, -0.25) is 0 Å². The number of rotatable bonds is 1. The number of hydrogen-bond acceptors (Lipinski definition) is 4. The molecule has 0 unspecified atom stereocenters. The summed E-state index contributed by atoms with van der Waals surface area (Å²) in [6, 6.07) is 7.64. The summed E-state index contributed by atoms with van der Waals surface area (Å²) in [4.78, 5) is 3.93. The van der Waals surface area contributed by atoms with E-state index in [0.29, 0.717) is 16.7 Å². The van der Waals surface area contributed by atoms with E-state index < -0.39 is 5.82 Å². The molecule has 0 saturated carbocycles. The third kappa shape index (κ3) is 2.59. The van der Waals surface area contributed by atoms with E-state index in [-0.39, 0.29) is 18.0 Å². The maximum Gasteiger partial charge on any atom is 0.140 e. The van der Waals surface area contributed by atoms with Gasteiger partial charge in [0.1, 0.15) is 24.3 Å². The van der Waals surface area contributed by atoms with Crippen molar-refractivity contribution in [1.82, 2.24) is 4.98 Å². The summed E-state index contributed by atoms with van der Waals surface area (Å²) in [6.07, 6.45) is 1.50. The molecule has 0 amide bonds. The molecule has 3 N–H and O–H groups in total. The van der Waals surface area contributed by atoms with Crippen molar-refractivity contribution in [2.45, 2.75) is 0 Å². The first-order chi connectivity index (χ1) is 9.67. The summed E-state index contributed by atoms with van der Waals surface area (Å²) in [5.41, 5.74) is 7.40. The average Bonchev–Trinajstić information content (AvgIpc) is 2.46. The minimum absolute atomic E-state index is 0.0565.